The predicted octanol–water partition coefficient (Wildman–Crippen LogP) is 6.42. The third kappa shape index (κ3) is 7.84. The maximum atomic E-state index is 13.4. The monoisotopic (exact) mass is 642 g/mol. The second kappa shape index (κ2) is 13.3. The van der Waals surface area contributed by atoms with Gasteiger partial charge in [-0.15, -0.1) is 4.90 Å². The lowest BCUT2D eigenvalue weighted by atomic mass is 9.94. The van der Waals surface area contributed by atoms with Crippen molar-refractivity contribution in [2.75, 3.05) is 37.6 Å². The number of methoxy groups -OCH3 is 2. The fourth-order valence-electron chi connectivity index (χ4n) is 4.69. The number of hydrogen-bond acceptors (Lipinski definition) is 10. The van der Waals surface area contributed by atoms with Gasteiger partial charge < -0.3 is 34.6 Å². The molecule has 0 fully saturated rings. The van der Waals surface area contributed by atoms with Gasteiger partial charge in [0.2, 0.25) is 5.95 Å². The molecule has 45 heavy (non-hydrogen) atoms. The van der Waals surface area contributed by atoms with E-state index < -0.39 is 23.4 Å². The molecule has 1 atom stereocenters. The molecular weight excluding hydrogens is 604 g/mol. The van der Waals surface area contributed by atoms with E-state index in [-0.39, 0.29) is 23.5 Å². The molecule has 2 aromatic heterocycles. The number of nitrogens with one attached hydrogen (secondary N) is 3. The first-order valence-corrected chi connectivity index (χ1v) is 14.7. The summed E-state index contributed by atoms with van der Waals surface area (Å²) in [6, 6.07) is 6.78. The summed E-state index contributed by atoms with van der Waals surface area (Å²) in [4.78, 5) is 52.8. The predicted molar refractivity (Wildman–Crippen MR) is 170 cm³/mol. The molecule has 0 saturated carbocycles. The van der Waals surface area contributed by atoms with Crippen molar-refractivity contribution in [2.24, 2.45) is 0 Å². The SMILES string of the molecule is COCCC1CNC(=O)c2c1[nH]c(-c1ccnc(N(C(=O)OC(C)(C)C)C(=O)OC(C)(C)C)n1)c2Nc1cccc(Cl)c1OC. The number of ether oxygens (including phenoxy) is 4. The van der Waals surface area contributed by atoms with Crippen LogP contribution in [0.4, 0.5) is 26.9 Å². The van der Waals surface area contributed by atoms with Crippen molar-refractivity contribution >= 4 is 47.0 Å². The van der Waals surface area contributed by atoms with E-state index in [1.807, 2.05) is 0 Å². The van der Waals surface area contributed by atoms with E-state index in [0.717, 1.165) is 0 Å². The lowest BCUT2D eigenvalue weighted by Crippen LogP contribution is -2.44. The fourth-order valence-corrected chi connectivity index (χ4v) is 4.94. The summed E-state index contributed by atoms with van der Waals surface area (Å²) in [5.74, 6) is -0.315. The highest BCUT2D eigenvalue weighted by Gasteiger charge is 2.36. The zero-order valence-electron chi connectivity index (χ0n) is 26.7. The zero-order chi connectivity index (χ0) is 33.1. The normalized spacial score (nSPS) is 14.7. The molecule has 0 saturated heterocycles. The van der Waals surface area contributed by atoms with E-state index >= 15 is 0 Å². The molecule has 0 aliphatic carbocycles. The quantitative estimate of drug-likeness (QED) is 0.250. The molecule has 3 heterocycles. The molecule has 3 aromatic rings. The number of imide groups is 1. The Hall–Kier alpha value is -4.36. The Balaban J connectivity index is 1.90. The largest absolute Gasteiger partial charge is 0.493 e. The number of hydrogen-bond donors (Lipinski definition) is 3. The van der Waals surface area contributed by atoms with Gasteiger partial charge in [0.25, 0.3) is 5.91 Å². The average molecular weight is 643 g/mol. The number of amides is 3. The summed E-state index contributed by atoms with van der Waals surface area (Å²) in [7, 11) is 3.11. The van der Waals surface area contributed by atoms with E-state index in [9.17, 15) is 14.4 Å². The highest BCUT2D eigenvalue weighted by atomic mass is 35.5. The van der Waals surface area contributed by atoms with Crippen LogP contribution < -0.4 is 20.3 Å². The smallest absolute Gasteiger partial charge is 0.427 e. The van der Waals surface area contributed by atoms with E-state index in [4.69, 9.17) is 30.5 Å². The van der Waals surface area contributed by atoms with Crippen LogP contribution in [-0.2, 0) is 14.2 Å². The number of fused-ring (bicyclic) bond motifs is 1. The number of benzene rings is 1. The van der Waals surface area contributed by atoms with Gasteiger partial charge in [-0.05, 0) is 66.2 Å². The van der Waals surface area contributed by atoms with Crippen LogP contribution in [0, 0.1) is 0 Å². The molecule has 4 rings (SSSR count). The van der Waals surface area contributed by atoms with Crippen LogP contribution in [0.25, 0.3) is 11.4 Å². The summed E-state index contributed by atoms with van der Waals surface area (Å²) in [5.41, 5.74) is 0.748. The van der Waals surface area contributed by atoms with Gasteiger partial charge in [0.1, 0.15) is 11.2 Å². The van der Waals surface area contributed by atoms with Gasteiger partial charge in [-0.25, -0.2) is 19.6 Å². The van der Waals surface area contributed by atoms with Crippen molar-refractivity contribution in [1.82, 2.24) is 20.3 Å². The molecule has 1 unspecified atom stereocenters. The second-order valence-electron chi connectivity index (χ2n) is 12.3. The van der Waals surface area contributed by atoms with Gasteiger partial charge in [-0.3, -0.25) is 4.79 Å². The first kappa shape index (κ1) is 33.5. The molecule has 0 radical (unpaired) electrons. The Labute approximate surface area is 266 Å². The number of carbonyl (C=O) groups excluding carboxylic acids is 3. The van der Waals surface area contributed by atoms with Crippen LogP contribution in [-0.4, -0.2) is 71.6 Å². The minimum absolute atomic E-state index is 0.102. The Bertz CT molecular complexity index is 1550. The number of para-hydroxylation sites is 1. The van der Waals surface area contributed by atoms with Gasteiger partial charge in [0.05, 0.1) is 40.5 Å². The first-order chi connectivity index (χ1) is 21.1. The molecule has 242 valence electrons. The molecule has 0 bridgehead atoms. The summed E-state index contributed by atoms with van der Waals surface area (Å²) in [6.07, 6.45) is -0.00346. The number of nitrogens with zero attached hydrogens (tertiary/aromatic N) is 3. The summed E-state index contributed by atoms with van der Waals surface area (Å²) >= 11 is 6.41. The van der Waals surface area contributed by atoms with Crippen molar-refractivity contribution < 1.29 is 33.3 Å². The van der Waals surface area contributed by atoms with Crippen molar-refractivity contribution in [3.8, 4) is 17.1 Å². The number of H-pyrrole nitrogens is 1. The van der Waals surface area contributed by atoms with Gasteiger partial charge in [0.15, 0.2) is 5.75 Å². The van der Waals surface area contributed by atoms with E-state index in [1.165, 1.54) is 13.3 Å². The number of carbonyl (C=O) groups is 3. The number of rotatable bonds is 8. The Morgan fingerprint density at radius 2 is 1.73 bits per heavy atom. The van der Waals surface area contributed by atoms with Crippen LogP contribution in [0.3, 0.4) is 0 Å². The van der Waals surface area contributed by atoms with Crippen molar-refractivity contribution in [3.63, 3.8) is 0 Å². The molecular formula is C31H39ClN6O7. The third-order valence-electron chi connectivity index (χ3n) is 6.53. The number of aromatic nitrogens is 3. The number of aromatic amines is 1. The number of halogens is 1. The molecule has 1 aromatic carbocycles. The molecule has 3 N–H and O–H groups in total. The lowest BCUT2D eigenvalue weighted by Gasteiger charge is -2.27. The molecule has 0 spiro atoms. The van der Waals surface area contributed by atoms with Crippen LogP contribution in [0.1, 0.15) is 69.9 Å². The highest BCUT2D eigenvalue weighted by molar-refractivity contribution is 6.32. The first-order valence-electron chi connectivity index (χ1n) is 14.4. The van der Waals surface area contributed by atoms with Crippen molar-refractivity contribution in [1.29, 1.82) is 0 Å². The van der Waals surface area contributed by atoms with Crippen LogP contribution in [0.15, 0.2) is 30.5 Å². The molecule has 3 amide bonds. The standard InChI is InChI=1S/C31H39ClN6O7/c1-30(2,3)44-28(40)38(29(41)45-31(4,5)6)27-33-14-12-19(36-27)23-24(35-20-11-9-10-18(32)25(20)43-8)21-22(37-23)17(13-15-42-7)16-34-26(21)39/h9-12,14,17,35,37H,13,15-16H2,1-8H3,(H,34,39). The van der Waals surface area contributed by atoms with Gasteiger partial charge in [-0.2, -0.15) is 0 Å². The van der Waals surface area contributed by atoms with Gasteiger partial charge in [-0.1, -0.05) is 17.7 Å². The summed E-state index contributed by atoms with van der Waals surface area (Å²) < 4.78 is 21.9. The fraction of sp³-hybridized carbons (Fsp3) is 0.452. The second-order valence-corrected chi connectivity index (χ2v) is 12.7. The third-order valence-corrected chi connectivity index (χ3v) is 6.82. The zero-order valence-corrected chi connectivity index (χ0v) is 27.4. The van der Waals surface area contributed by atoms with E-state index in [0.29, 0.717) is 63.6 Å². The average Bonchev–Trinajstić information content (AvgIpc) is 3.31. The minimum atomic E-state index is -1.01. The summed E-state index contributed by atoms with van der Waals surface area (Å²) in [6.45, 7) is 10.9. The molecule has 1 aliphatic rings. The van der Waals surface area contributed by atoms with Crippen LogP contribution in [0.5, 0.6) is 5.75 Å². The lowest BCUT2D eigenvalue weighted by molar-refractivity contribution is 0.0427. The van der Waals surface area contributed by atoms with Crippen molar-refractivity contribution in [3.05, 3.63) is 46.7 Å². The maximum absolute atomic E-state index is 13.4. The molecule has 14 heteroatoms. The van der Waals surface area contributed by atoms with Gasteiger partial charge >= 0.3 is 12.2 Å². The van der Waals surface area contributed by atoms with E-state index in [2.05, 4.69) is 25.6 Å². The number of anilines is 3. The Kier molecular flexibility index (Phi) is 9.93. The van der Waals surface area contributed by atoms with Crippen molar-refractivity contribution in [2.45, 2.75) is 65.1 Å². The summed E-state index contributed by atoms with van der Waals surface area (Å²) in [5, 5.41) is 6.64. The van der Waals surface area contributed by atoms with E-state index in [1.54, 1.807) is 72.9 Å². The minimum Gasteiger partial charge on any atom is -0.493 e. The topological polar surface area (TPSA) is 157 Å². The maximum Gasteiger partial charge on any atom is 0.427 e. The van der Waals surface area contributed by atoms with Crippen LogP contribution in [0.2, 0.25) is 5.02 Å². The Morgan fingerprint density at radius 1 is 1.07 bits per heavy atom. The highest BCUT2D eigenvalue weighted by Crippen LogP contribution is 2.43. The molecule has 13 nitrogen and oxygen atoms in total. The Morgan fingerprint density at radius 3 is 2.33 bits per heavy atom. The molecule has 1 aliphatic heterocycles. The van der Waals surface area contributed by atoms with Gasteiger partial charge in [0, 0.05) is 38.1 Å². The van der Waals surface area contributed by atoms with Crippen LogP contribution >= 0.6 is 11.6 Å².